The summed E-state index contributed by atoms with van der Waals surface area (Å²) in [6.45, 7) is 3.88. The molecule has 0 spiro atoms. The van der Waals surface area contributed by atoms with Gasteiger partial charge in [0.15, 0.2) is 0 Å². The lowest BCUT2D eigenvalue weighted by Crippen LogP contribution is -2.55. The van der Waals surface area contributed by atoms with Crippen LogP contribution in [0.3, 0.4) is 0 Å². The lowest BCUT2D eigenvalue weighted by Gasteiger charge is -2.33. The van der Waals surface area contributed by atoms with E-state index in [1.807, 2.05) is 5.32 Å². The molecule has 2 aromatic rings. The molecule has 0 aliphatic carbocycles. The van der Waals surface area contributed by atoms with E-state index in [2.05, 4.69) is 0 Å². The first-order valence-corrected chi connectivity index (χ1v) is 13.6. The quantitative estimate of drug-likeness (QED) is 0.209. The normalized spacial score (nSPS) is 13.5. The van der Waals surface area contributed by atoms with Crippen molar-refractivity contribution in [2.24, 2.45) is 5.92 Å². The number of sulfonamides is 1. The third-order valence-corrected chi connectivity index (χ3v) is 7.31. The van der Waals surface area contributed by atoms with E-state index in [0.717, 1.165) is 28.6 Å². The van der Waals surface area contributed by atoms with Crippen molar-refractivity contribution < 1.29 is 45.6 Å². The fourth-order valence-corrected chi connectivity index (χ4v) is 5.30. The van der Waals surface area contributed by atoms with Gasteiger partial charge >= 0.3 is 18.2 Å². The van der Waals surface area contributed by atoms with Crippen molar-refractivity contribution in [3.8, 4) is 0 Å². The zero-order valence-corrected chi connectivity index (χ0v) is 22.8. The molecular weight excluding hydrogens is 559 g/mol. The molecule has 0 aromatic heterocycles. The fraction of sp³-hybridized carbons (Fsp3) is 0.440. The van der Waals surface area contributed by atoms with Crippen LogP contribution in [0.2, 0.25) is 0 Å². The fourth-order valence-electron chi connectivity index (χ4n) is 3.68. The molecule has 0 aliphatic heterocycles. The van der Waals surface area contributed by atoms with Gasteiger partial charge in [0.2, 0.25) is 10.0 Å². The number of carbonyl (C=O) groups excluding carboxylic acids is 2. The summed E-state index contributed by atoms with van der Waals surface area (Å²) in [6.07, 6.45) is -8.42. The third-order valence-electron chi connectivity index (χ3n) is 5.47. The Morgan fingerprint density at radius 1 is 1.05 bits per heavy atom. The van der Waals surface area contributed by atoms with Gasteiger partial charge in [0.1, 0.15) is 6.10 Å². The van der Waals surface area contributed by atoms with Crippen molar-refractivity contribution in [2.45, 2.75) is 50.4 Å². The number of nitrogens with one attached hydrogen (secondary N) is 1. The number of nitro groups is 1. The summed E-state index contributed by atoms with van der Waals surface area (Å²) in [5.41, 5.74) is 0.122. The number of nitrogens with zero attached hydrogens (tertiary/aromatic N) is 2. The van der Waals surface area contributed by atoms with E-state index in [1.54, 1.807) is 44.2 Å². The summed E-state index contributed by atoms with van der Waals surface area (Å²) in [6, 6.07) is 10.6. The molecular formula is C25H30F3N3O8S. The van der Waals surface area contributed by atoms with Gasteiger partial charge < -0.3 is 14.8 Å². The Bertz CT molecular complexity index is 1260. The number of nitro benzene ring substituents is 1. The van der Waals surface area contributed by atoms with Gasteiger partial charge in [-0.25, -0.2) is 13.2 Å². The molecule has 0 saturated carbocycles. The van der Waals surface area contributed by atoms with E-state index < -0.39 is 51.9 Å². The van der Waals surface area contributed by atoms with Crippen molar-refractivity contribution in [2.75, 3.05) is 19.7 Å². The topological polar surface area (TPSA) is 145 Å². The first kappa shape index (κ1) is 32.5. The number of rotatable bonds is 13. The average molecular weight is 590 g/mol. The molecule has 0 saturated heterocycles. The van der Waals surface area contributed by atoms with E-state index >= 15 is 0 Å². The highest BCUT2D eigenvalue weighted by Gasteiger charge is 2.42. The predicted molar refractivity (Wildman–Crippen MR) is 137 cm³/mol. The van der Waals surface area contributed by atoms with Gasteiger partial charge in [0, 0.05) is 18.7 Å². The highest BCUT2D eigenvalue weighted by molar-refractivity contribution is 7.89. The van der Waals surface area contributed by atoms with E-state index in [1.165, 1.54) is 6.92 Å². The summed E-state index contributed by atoms with van der Waals surface area (Å²) < 4.78 is 77.8. The number of non-ortho nitro benzene ring substituents is 1. The van der Waals surface area contributed by atoms with Crippen molar-refractivity contribution in [3.63, 3.8) is 0 Å². The summed E-state index contributed by atoms with van der Waals surface area (Å²) in [4.78, 5) is 34.2. The number of alkyl halides is 3. The molecule has 0 heterocycles. The number of hydrogen-bond acceptors (Lipinski definition) is 8. The standard InChI is InChI=1S/C25H30F3N3O8S/c1-4-38-24(33)39-22(21(29-23(32)25(26,27)28)14-18-8-6-5-7-9-18)16-30(15-17(2)3)40(36,37)20-12-10-19(11-13-20)31(34)35/h5-13,17,21-22H,4,14-16H2,1-3H3,(H,29,32). The highest BCUT2D eigenvalue weighted by atomic mass is 32.2. The minimum absolute atomic E-state index is 0.138. The lowest BCUT2D eigenvalue weighted by atomic mass is 10.0. The molecule has 2 rings (SSSR count). The minimum Gasteiger partial charge on any atom is -0.435 e. The lowest BCUT2D eigenvalue weighted by molar-refractivity contribution is -0.384. The molecule has 0 radical (unpaired) electrons. The maximum absolute atomic E-state index is 13.6. The number of carbonyl (C=O) groups is 2. The van der Waals surface area contributed by atoms with Gasteiger partial charge in [0.25, 0.3) is 5.69 Å². The Kier molecular flexibility index (Phi) is 11.4. The third kappa shape index (κ3) is 9.48. The smallest absolute Gasteiger partial charge is 0.435 e. The van der Waals surface area contributed by atoms with Gasteiger partial charge in [-0.2, -0.15) is 17.5 Å². The Morgan fingerprint density at radius 3 is 2.15 bits per heavy atom. The van der Waals surface area contributed by atoms with Crippen molar-refractivity contribution in [1.29, 1.82) is 0 Å². The largest absolute Gasteiger partial charge is 0.508 e. The summed E-state index contributed by atoms with van der Waals surface area (Å²) in [5.74, 6) is -2.60. The molecule has 1 amide bonds. The van der Waals surface area contributed by atoms with E-state index in [0.29, 0.717) is 5.56 Å². The van der Waals surface area contributed by atoms with E-state index in [9.17, 15) is 41.3 Å². The molecule has 2 aromatic carbocycles. The Balaban J connectivity index is 2.55. The highest BCUT2D eigenvalue weighted by Crippen LogP contribution is 2.23. The molecule has 0 aliphatic rings. The SMILES string of the molecule is CCOC(=O)OC(CN(CC(C)C)S(=O)(=O)c1ccc([N+](=O)[O-])cc1)C(Cc1ccccc1)NC(=O)C(F)(F)F. The average Bonchev–Trinajstić information content (AvgIpc) is 2.87. The van der Waals surface area contributed by atoms with E-state index in [4.69, 9.17) is 9.47 Å². The molecule has 11 nitrogen and oxygen atoms in total. The van der Waals surface area contributed by atoms with Gasteiger partial charge in [-0.15, -0.1) is 0 Å². The molecule has 15 heteroatoms. The summed E-state index contributed by atoms with van der Waals surface area (Å²) >= 11 is 0. The van der Waals surface area contributed by atoms with Crippen molar-refractivity contribution in [3.05, 3.63) is 70.3 Å². The van der Waals surface area contributed by atoms with E-state index in [-0.39, 0.29) is 36.1 Å². The Labute approximate surface area is 229 Å². The van der Waals surface area contributed by atoms with Crippen molar-refractivity contribution in [1.82, 2.24) is 9.62 Å². The Hall–Kier alpha value is -3.72. The van der Waals surface area contributed by atoms with Gasteiger partial charge in [-0.1, -0.05) is 44.2 Å². The Morgan fingerprint density at radius 2 is 1.65 bits per heavy atom. The van der Waals surface area contributed by atoms with Crippen LogP contribution in [-0.2, 0) is 30.7 Å². The maximum atomic E-state index is 13.6. The van der Waals surface area contributed by atoms with Crippen LogP contribution >= 0.6 is 0 Å². The minimum atomic E-state index is -5.27. The predicted octanol–water partition coefficient (Wildman–Crippen LogP) is 4.07. The van der Waals surface area contributed by atoms with Crippen LogP contribution in [0.15, 0.2) is 59.5 Å². The second kappa shape index (κ2) is 14.1. The molecule has 0 fully saturated rings. The monoisotopic (exact) mass is 589 g/mol. The number of amides is 1. The van der Waals surface area contributed by atoms with Crippen LogP contribution < -0.4 is 5.32 Å². The molecule has 1 N–H and O–H groups in total. The summed E-state index contributed by atoms with van der Waals surface area (Å²) in [5, 5.41) is 12.8. The second-order valence-electron chi connectivity index (χ2n) is 9.07. The molecule has 40 heavy (non-hydrogen) atoms. The number of ether oxygens (including phenoxy) is 2. The summed E-state index contributed by atoms with van der Waals surface area (Å²) in [7, 11) is -4.40. The van der Waals surface area contributed by atoms with Crippen LogP contribution in [0.1, 0.15) is 26.3 Å². The van der Waals surface area contributed by atoms with Crippen LogP contribution in [0.5, 0.6) is 0 Å². The molecule has 0 bridgehead atoms. The van der Waals surface area contributed by atoms with Crippen LogP contribution in [0, 0.1) is 16.0 Å². The van der Waals surface area contributed by atoms with Crippen molar-refractivity contribution >= 4 is 27.8 Å². The first-order valence-electron chi connectivity index (χ1n) is 12.1. The second-order valence-corrected chi connectivity index (χ2v) is 11.0. The molecule has 2 atom stereocenters. The van der Waals surface area contributed by atoms with Gasteiger partial charge in [-0.3, -0.25) is 14.9 Å². The van der Waals surface area contributed by atoms with Crippen LogP contribution in [0.4, 0.5) is 23.7 Å². The molecule has 2 unspecified atom stereocenters. The number of benzene rings is 2. The zero-order valence-electron chi connectivity index (χ0n) is 22.0. The zero-order chi connectivity index (χ0) is 30.1. The van der Waals surface area contributed by atoms with Gasteiger partial charge in [0.05, 0.1) is 29.0 Å². The van der Waals surface area contributed by atoms with Crippen LogP contribution in [-0.4, -0.2) is 67.7 Å². The number of halogens is 3. The molecule has 220 valence electrons. The van der Waals surface area contributed by atoms with Crippen LogP contribution in [0.25, 0.3) is 0 Å². The first-order chi connectivity index (χ1) is 18.6. The number of hydrogen-bond donors (Lipinski definition) is 1. The maximum Gasteiger partial charge on any atom is 0.508 e. The van der Waals surface area contributed by atoms with Gasteiger partial charge in [-0.05, 0) is 37.0 Å².